The molecule has 0 unspecified atom stereocenters. The van der Waals surface area contributed by atoms with Gasteiger partial charge in [-0.3, -0.25) is 9.59 Å². The van der Waals surface area contributed by atoms with Crippen molar-refractivity contribution in [2.75, 3.05) is 20.2 Å². The van der Waals surface area contributed by atoms with Crippen LogP contribution in [0.15, 0.2) is 30.3 Å². The number of fused-ring (bicyclic) bond motifs is 1. The average molecular weight is 498 g/mol. The predicted octanol–water partition coefficient (Wildman–Crippen LogP) is 5.28. The van der Waals surface area contributed by atoms with Gasteiger partial charge in [-0.2, -0.15) is 5.26 Å². The lowest BCUT2D eigenvalue weighted by Crippen LogP contribution is -2.40. The first-order chi connectivity index (χ1) is 16.2. The molecular formula is C26H25Cl2N3O3. The molecule has 3 aromatic rings. The number of hydrogen-bond donors (Lipinski definition) is 0. The highest BCUT2D eigenvalue weighted by molar-refractivity contribution is 6.38. The van der Waals surface area contributed by atoms with Crippen molar-refractivity contribution in [3.63, 3.8) is 0 Å². The Hall–Kier alpha value is -3.01. The summed E-state index contributed by atoms with van der Waals surface area (Å²) in [5.41, 5.74) is 4.65. The van der Waals surface area contributed by atoms with E-state index in [1.807, 2.05) is 30.7 Å². The summed E-state index contributed by atoms with van der Waals surface area (Å²) in [6, 6.07) is 11.4. The Bertz CT molecular complexity index is 1330. The Morgan fingerprint density at radius 1 is 1.18 bits per heavy atom. The number of amides is 1. The van der Waals surface area contributed by atoms with Crippen LogP contribution < -0.4 is 0 Å². The van der Waals surface area contributed by atoms with Crippen molar-refractivity contribution in [3.8, 4) is 6.07 Å². The summed E-state index contributed by atoms with van der Waals surface area (Å²) in [4.78, 5) is 26.8. The minimum absolute atomic E-state index is 0.169. The molecule has 0 bridgehead atoms. The number of piperidine rings is 1. The van der Waals surface area contributed by atoms with Gasteiger partial charge in [-0.25, -0.2) is 0 Å². The van der Waals surface area contributed by atoms with E-state index in [1.54, 1.807) is 17.0 Å². The van der Waals surface area contributed by atoms with Gasteiger partial charge in [0, 0.05) is 48.2 Å². The fraction of sp³-hybridized carbons (Fsp3) is 0.346. The van der Waals surface area contributed by atoms with Crippen LogP contribution in [0.25, 0.3) is 10.9 Å². The van der Waals surface area contributed by atoms with E-state index in [-0.39, 0.29) is 17.8 Å². The Kier molecular flexibility index (Phi) is 6.88. The zero-order valence-electron chi connectivity index (χ0n) is 19.3. The third-order valence-electron chi connectivity index (χ3n) is 6.69. The van der Waals surface area contributed by atoms with Gasteiger partial charge < -0.3 is 14.2 Å². The van der Waals surface area contributed by atoms with Crippen molar-refractivity contribution in [1.82, 2.24) is 9.47 Å². The molecule has 2 heterocycles. The number of carbonyl (C=O) groups is 2. The Morgan fingerprint density at radius 3 is 2.53 bits per heavy atom. The van der Waals surface area contributed by atoms with Crippen molar-refractivity contribution in [1.29, 1.82) is 5.26 Å². The number of rotatable bonds is 4. The number of benzene rings is 2. The normalized spacial score (nSPS) is 14.3. The van der Waals surface area contributed by atoms with E-state index < -0.39 is 0 Å². The van der Waals surface area contributed by atoms with E-state index in [0.717, 1.165) is 22.2 Å². The van der Waals surface area contributed by atoms with Crippen molar-refractivity contribution in [2.24, 2.45) is 13.0 Å². The number of methoxy groups -OCH3 is 1. The molecule has 1 saturated heterocycles. The van der Waals surface area contributed by atoms with Crippen molar-refractivity contribution in [3.05, 3.63) is 68.3 Å². The lowest BCUT2D eigenvalue weighted by atomic mass is 9.96. The zero-order valence-corrected chi connectivity index (χ0v) is 20.8. The molecule has 1 aromatic heterocycles. The van der Waals surface area contributed by atoms with Gasteiger partial charge in [-0.05, 0) is 61.2 Å². The highest BCUT2D eigenvalue weighted by atomic mass is 35.5. The summed E-state index contributed by atoms with van der Waals surface area (Å²) in [5.74, 6) is -0.578. The molecule has 176 valence electrons. The molecule has 1 aliphatic rings. The minimum Gasteiger partial charge on any atom is -0.469 e. The first-order valence-electron chi connectivity index (χ1n) is 11.1. The number of nitrogens with zero attached hydrogens (tertiary/aromatic N) is 3. The molecule has 0 radical (unpaired) electrons. The SMILES string of the molecule is COC(=O)C1CCN(C(=O)c2ccc(Cl)c(Cc3cc4c(C)cc(C#N)cc4n3C)c2Cl)CC1. The molecule has 8 heteroatoms. The van der Waals surface area contributed by atoms with Crippen LogP contribution in [0.3, 0.4) is 0 Å². The van der Waals surface area contributed by atoms with Gasteiger partial charge in [0.25, 0.3) is 5.91 Å². The number of esters is 1. The Balaban J connectivity index is 1.62. The topological polar surface area (TPSA) is 75.3 Å². The Labute approximate surface area is 208 Å². The van der Waals surface area contributed by atoms with Gasteiger partial charge in [-0.1, -0.05) is 23.2 Å². The molecule has 0 saturated carbocycles. The molecule has 0 N–H and O–H groups in total. The van der Waals surface area contributed by atoms with E-state index >= 15 is 0 Å². The van der Waals surface area contributed by atoms with Crippen LogP contribution in [0.2, 0.25) is 10.0 Å². The quantitative estimate of drug-likeness (QED) is 0.459. The van der Waals surface area contributed by atoms with Crippen molar-refractivity contribution < 1.29 is 14.3 Å². The molecule has 0 aliphatic carbocycles. The maximum atomic E-state index is 13.3. The number of nitriles is 1. The first kappa shape index (κ1) is 24.1. The van der Waals surface area contributed by atoms with Gasteiger partial charge in [0.2, 0.25) is 0 Å². The second-order valence-corrected chi connectivity index (χ2v) is 9.47. The van der Waals surface area contributed by atoms with Gasteiger partial charge >= 0.3 is 5.97 Å². The molecular weight excluding hydrogens is 473 g/mol. The zero-order chi connectivity index (χ0) is 24.6. The van der Waals surface area contributed by atoms with Crippen molar-refractivity contribution in [2.45, 2.75) is 26.2 Å². The summed E-state index contributed by atoms with van der Waals surface area (Å²) in [6.07, 6.45) is 1.57. The van der Waals surface area contributed by atoms with Crippen LogP contribution in [0, 0.1) is 24.2 Å². The fourth-order valence-electron chi connectivity index (χ4n) is 4.66. The van der Waals surface area contributed by atoms with Crippen LogP contribution in [0.1, 0.15) is 45.6 Å². The van der Waals surface area contributed by atoms with Gasteiger partial charge in [0.05, 0.1) is 35.2 Å². The second kappa shape index (κ2) is 9.69. The number of aromatic nitrogens is 1. The summed E-state index contributed by atoms with van der Waals surface area (Å²) in [7, 11) is 3.33. The summed E-state index contributed by atoms with van der Waals surface area (Å²) < 4.78 is 6.86. The van der Waals surface area contributed by atoms with Crippen molar-refractivity contribution >= 4 is 46.0 Å². The maximum absolute atomic E-state index is 13.3. The van der Waals surface area contributed by atoms with Crippen LogP contribution >= 0.6 is 23.2 Å². The molecule has 1 fully saturated rings. The Morgan fingerprint density at radius 2 is 1.88 bits per heavy atom. The number of aryl methyl sites for hydroxylation is 2. The largest absolute Gasteiger partial charge is 0.469 e. The maximum Gasteiger partial charge on any atom is 0.308 e. The van der Waals surface area contributed by atoms with E-state index in [4.69, 9.17) is 27.9 Å². The highest BCUT2D eigenvalue weighted by Crippen LogP contribution is 2.34. The van der Waals surface area contributed by atoms with Gasteiger partial charge in [0.1, 0.15) is 0 Å². The number of halogens is 2. The van der Waals surface area contributed by atoms with Crippen LogP contribution in [0.5, 0.6) is 0 Å². The minimum atomic E-state index is -0.231. The monoisotopic (exact) mass is 497 g/mol. The van der Waals surface area contributed by atoms with E-state index in [1.165, 1.54) is 7.11 Å². The van der Waals surface area contributed by atoms with Gasteiger partial charge in [0.15, 0.2) is 0 Å². The van der Waals surface area contributed by atoms with E-state index in [0.29, 0.717) is 59.1 Å². The first-order valence-corrected chi connectivity index (χ1v) is 11.8. The fourth-order valence-corrected chi connectivity index (χ4v) is 5.24. The molecule has 1 amide bonds. The number of hydrogen-bond acceptors (Lipinski definition) is 4. The number of carbonyl (C=O) groups excluding carboxylic acids is 2. The standard InChI is InChI=1S/C26H25Cl2N3O3/c1-15-10-16(14-29)11-23-20(15)12-18(30(23)2)13-21-22(27)5-4-19(24(21)28)25(32)31-8-6-17(7-9-31)26(33)34-3/h4-5,10-12,17H,6-9,13H2,1-3H3. The second-order valence-electron chi connectivity index (χ2n) is 8.69. The summed E-state index contributed by atoms with van der Waals surface area (Å²) in [5, 5.41) is 11.2. The molecule has 0 atom stereocenters. The summed E-state index contributed by atoms with van der Waals surface area (Å²) >= 11 is 13.3. The predicted molar refractivity (Wildman–Crippen MR) is 132 cm³/mol. The molecule has 4 rings (SSSR count). The summed E-state index contributed by atoms with van der Waals surface area (Å²) in [6.45, 7) is 2.92. The van der Waals surface area contributed by atoms with E-state index in [9.17, 15) is 14.9 Å². The molecule has 0 spiro atoms. The average Bonchev–Trinajstić information content (AvgIpc) is 3.16. The van der Waals surface area contributed by atoms with Crippen LogP contribution in [-0.4, -0.2) is 41.5 Å². The van der Waals surface area contributed by atoms with E-state index in [2.05, 4.69) is 12.1 Å². The lowest BCUT2D eigenvalue weighted by molar-refractivity contribution is -0.146. The number of likely N-dealkylation sites (tertiary alicyclic amines) is 1. The molecule has 1 aliphatic heterocycles. The molecule has 34 heavy (non-hydrogen) atoms. The molecule has 6 nitrogen and oxygen atoms in total. The van der Waals surface area contributed by atoms with Gasteiger partial charge in [-0.15, -0.1) is 0 Å². The smallest absolute Gasteiger partial charge is 0.308 e. The third-order valence-corrected chi connectivity index (χ3v) is 7.47. The third kappa shape index (κ3) is 4.38. The van der Waals surface area contributed by atoms with Crippen LogP contribution in [0.4, 0.5) is 0 Å². The lowest BCUT2D eigenvalue weighted by Gasteiger charge is -2.31. The number of ether oxygens (including phenoxy) is 1. The molecule has 2 aromatic carbocycles. The van der Waals surface area contributed by atoms with Crippen LogP contribution in [-0.2, 0) is 23.0 Å². The highest BCUT2D eigenvalue weighted by Gasteiger charge is 2.30.